The van der Waals surface area contributed by atoms with Crippen LogP contribution in [0.1, 0.15) is 16.7 Å². The van der Waals surface area contributed by atoms with Gasteiger partial charge in [-0.3, -0.25) is 4.79 Å². The fourth-order valence-electron chi connectivity index (χ4n) is 1.92. The number of ether oxygens (including phenoxy) is 1. The Morgan fingerprint density at radius 3 is 2.00 bits per heavy atom. The van der Waals surface area contributed by atoms with E-state index in [4.69, 9.17) is 10.5 Å². The third-order valence-electron chi connectivity index (χ3n) is 3.08. The number of primary amides is 1. The van der Waals surface area contributed by atoms with Gasteiger partial charge in [0.25, 0.3) is 5.91 Å². The number of carbonyl (C=O) groups excluding carboxylic acids is 1. The van der Waals surface area contributed by atoms with Crippen LogP contribution in [0.15, 0.2) is 48.5 Å². The summed E-state index contributed by atoms with van der Waals surface area (Å²) >= 11 is 0. The van der Waals surface area contributed by atoms with E-state index in [0.29, 0.717) is 5.75 Å². The van der Waals surface area contributed by atoms with Crippen LogP contribution in [0, 0.1) is 6.92 Å². The summed E-state index contributed by atoms with van der Waals surface area (Å²) in [5.41, 5.74) is 8.72. The fraction of sp³-hybridized carbons (Fsp3) is 0.235. The van der Waals surface area contributed by atoms with Gasteiger partial charge in [-0.15, -0.1) is 12.4 Å². The molecule has 2 aromatic carbocycles. The van der Waals surface area contributed by atoms with E-state index in [1.165, 1.54) is 11.1 Å². The maximum Gasteiger partial charge on any atom is 0.255 e. The molecule has 22 heavy (non-hydrogen) atoms. The Morgan fingerprint density at radius 1 is 1.00 bits per heavy atom. The highest BCUT2D eigenvalue weighted by atomic mass is 35.5. The van der Waals surface area contributed by atoms with Crippen LogP contribution in [0.5, 0.6) is 5.75 Å². The summed E-state index contributed by atoms with van der Waals surface area (Å²) in [7, 11) is 0. The zero-order chi connectivity index (χ0) is 15.1. The molecule has 0 aliphatic rings. The molecule has 2 aromatic rings. The molecule has 3 N–H and O–H groups in total. The maximum atomic E-state index is 10.6. The number of amides is 1. The van der Waals surface area contributed by atoms with Gasteiger partial charge in [-0.1, -0.05) is 42.0 Å². The molecule has 0 saturated carbocycles. The Labute approximate surface area is 137 Å². The zero-order valence-corrected chi connectivity index (χ0v) is 13.4. The molecule has 118 valence electrons. The quantitative estimate of drug-likeness (QED) is 0.824. The Kier molecular flexibility index (Phi) is 7.43. The van der Waals surface area contributed by atoms with Crippen molar-refractivity contribution >= 4 is 18.3 Å². The first-order valence-corrected chi connectivity index (χ1v) is 6.90. The third-order valence-corrected chi connectivity index (χ3v) is 3.08. The molecule has 5 heteroatoms. The average Bonchev–Trinajstić information content (AvgIpc) is 2.48. The minimum atomic E-state index is -0.473. The van der Waals surface area contributed by atoms with Crippen molar-refractivity contribution in [3.63, 3.8) is 0 Å². The third kappa shape index (κ3) is 6.16. The van der Waals surface area contributed by atoms with Crippen molar-refractivity contribution in [3.05, 3.63) is 65.2 Å². The molecular formula is C17H21ClN2O2. The lowest BCUT2D eigenvalue weighted by molar-refractivity contribution is -0.119. The maximum absolute atomic E-state index is 10.6. The number of hydrogen-bond acceptors (Lipinski definition) is 3. The summed E-state index contributed by atoms with van der Waals surface area (Å²) < 4.78 is 5.21. The minimum absolute atomic E-state index is 0. The van der Waals surface area contributed by atoms with Gasteiger partial charge in [-0.05, 0) is 30.2 Å². The van der Waals surface area contributed by atoms with Crippen LogP contribution in [0.2, 0.25) is 0 Å². The standard InChI is InChI=1S/C17H20N2O2.ClH/c1-13-2-4-14(5-3-13)10-19-11-15-6-8-16(9-7-15)21-12-17(18)20;/h2-9,19H,10-12H2,1H3,(H2,18,20);1H. The Bertz CT molecular complexity index is 583. The van der Waals surface area contributed by atoms with Crippen LogP contribution in [-0.4, -0.2) is 12.5 Å². The van der Waals surface area contributed by atoms with Crippen LogP contribution < -0.4 is 15.8 Å². The van der Waals surface area contributed by atoms with Gasteiger partial charge in [0.15, 0.2) is 6.61 Å². The molecule has 0 fully saturated rings. The lowest BCUT2D eigenvalue weighted by atomic mass is 10.1. The van der Waals surface area contributed by atoms with E-state index < -0.39 is 5.91 Å². The SMILES string of the molecule is Cc1ccc(CNCc2ccc(OCC(N)=O)cc2)cc1.Cl. The van der Waals surface area contributed by atoms with Crippen molar-refractivity contribution in [2.24, 2.45) is 5.73 Å². The highest BCUT2D eigenvalue weighted by Gasteiger charge is 1.99. The number of halogens is 1. The van der Waals surface area contributed by atoms with Crippen LogP contribution in [0.3, 0.4) is 0 Å². The predicted octanol–water partition coefficient (Wildman–Crippen LogP) is 2.57. The number of nitrogens with two attached hydrogens (primary N) is 1. The first-order chi connectivity index (χ1) is 10.1. The van der Waals surface area contributed by atoms with Crippen LogP contribution in [-0.2, 0) is 17.9 Å². The van der Waals surface area contributed by atoms with E-state index in [9.17, 15) is 4.79 Å². The van der Waals surface area contributed by atoms with Gasteiger partial charge >= 0.3 is 0 Å². The van der Waals surface area contributed by atoms with E-state index >= 15 is 0 Å². The number of nitrogens with one attached hydrogen (secondary N) is 1. The summed E-state index contributed by atoms with van der Waals surface area (Å²) in [6.45, 7) is 3.61. The Morgan fingerprint density at radius 2 is 1.50 bits per heavy atom. The smallest absolute Gasteiger partial charge is 0.255 e. The number of rotatable bonds is 7. The molecule has 0 atom stereocenters. The van der Waals surface area contributed by atoms with Gasteiger partial charge in [0.05, 0.1) is 0 Å². The normalized spacial score (nSPS) is 9.86. The van der Waals surface area contributed by atoms with Crippen molar-refractivity contribution in [1.82, 2.24) is 5.32 Å². The molecular weight excluding hydrogens is 300 g/mol. The van der Waals surface area contributed by atoms with Crippen LogP contribution >= 0.6 is 12.4 Å². The first-order valence-electron chi connectivity index (χ1n) is 6.90. The minimum Gasteiger partial charge on any atom is -0.484 e. The zero-order valence-electron chi connectivity index (χ0n) is 12.5. The molecule has 0 radical (unpaired) electrons. The second kappa shape index (κ2) is 9.07. The summed E-state index contributed by atoms with van der Waals surface area (Å²) in [6, 6.07) is 16.1. The van der Waals surface area contributed by atoms with Crippen molar-refractivity contribution in [2.45, 2.75) is 20.0 Å². The fourth-order valence-corrected chi connectivity index (χ4v) is 1.92. The molecule has 0 bridgehead atoms. The molecule has 0 saturated heterocycles. The Balaban J connectivity index is 0.00000242. The number of aryl methyl sites for hydroxylation is 1. The van der Waals surface area contributed by atoms with Crippen molar-refractivity contribution in [2.75, 3.05) is 6.61 Å². The number of carbonyl (C=O) groups is 1. The lowest BCUT2D eigenvalue weighted by Crippen LogP contribution is -2.20. The van der Waals surface area contributed by atoms with Gasteiger partial charge < -0.3 is 15.8 Å². The molecule has 0 aliphatic carbocycles. The largest absolute Gasteiger partial charge is 0.484 e. The summed E-state index contributed by atoms with van der Waals surface area (Å²) in [5, 5.41) is 3.39. The molecule has 0 unspecified atom stereocenters. The van der Waals surface area contributed by atoms with Gasteiger partial charge in [0.2, 0.25) is 0 Å². The highest BCUT2D eigenvalue weighted by Crippen LogP contribution is 2.12. The molecule has 0 aromatic heterocycles. The lowest BCUT2D eigenvalue weighted by Gasteiger charge is -2.07. The topological polar surface area (TPSA) is 64.3 Å². The Hall–Kier alpha value is -2.04. The number of hydrogen-bond donors (Lipinski definition) is 2. The van der Waals surface area contributed by atoms with Crippen molar-refractivity contribution < 1.29 is 9.53 Å². The average molecular weight is 321 g/mol. The van der Waals surface area contributed by atoms with E-state index in [0.717, 1.165) is 18.7 Å². The molecule has 1 amide bonds. The van der Waals surface area contributed by atoms with Gasteiger partial charge in [-0.2, -0.15) is 0 Å². The van der Waals surface area contributed by atoms with Crippen molar-refractivity contribution in [1.29, 1.82) is 0 Å². The summed E-state index contributed by atoms with van der Waals surface area (Å²) in [4.78, 5) is 10.6. The first kappa shape index (κ1) is 18.0. The second-order valence-corrected chi connectivity index (χ2v) is 4.99. The van der Waals surface area contributed by atoms with E-state index in [2.05, 4.69) is 36.5 Å². The van der Waals surface area contributed by atoms with E-state index in [-0.39, 0.29) is 19.0 Å². The molecule has 0 spiro atoms. The molecule has 0 aliphatic heterocycles. The van der Waals surface area contributed by atoms with Gasteiger partial charge in [-0.25, -0.2) is 0 Å². The molecule has 0 heterocycles. The van der Waals surface area contributed by atoms with Crippen molar-refractivity contribution in [3.8, 4) is 5.75 Å². The number of benzene rings is 2. The van der Waals surface area contributed by atoms with Gasteiger partial charge in [0, 0.05) is 13.1 Å². The highest BCUT2D eigenvalue weighted by molar-refractivity contribution is 5.85. The summed E-state index contributed by atoms with van der Waals surface area (Å²) in [5.74, 6) is 0.176. The molecule has 2 rings (SSSR count). The monoisotopic (exact) mass is 320 g/mol. The predicted molar refractivity (Wildman–Crippen MR) is 90.1 cm³/mol. The van der Waals surface area contributed by atoms with E-state index in [1.54, 1.807) is 0 Å². The summed E-state index contributed by atoms with van der Waals surface area (Å²) in [6.07, 6.45) is 0. The van der Waals surface area contributed by atoms with Gasteiger partial charge in [0.1, 0.15) is 5.75 Å². The molecule has 4 nitrogen and oxygen atoms in total. The van der Waals surface area contributed by atoms with Crippen LogP contribution in [0.25, 0.3) is 0 Å². The van der Waals surface area contributed by atoms with E-state index in [1.807, 2.05) is 24.3 Å². The van der Waals surface area contributed by atoms with Crippen LogP contribution in [0.4, 0.5) is 0 Å². The second-order valence-electron chi connectivity index (χ2n) is 4.99.